The Morgan fingerprint density at radius 3 is 2.80 bits per heavy atom. The molecule has 114 valence electrons. The van der Waals surface area contributed by atoms with Crippen LogP contribution in [0.5, 0.6) is 5.75 Å². The largest absolute Gasteiger partial charge is 0.491 e. The molecule has 20 heavy (non-hydrogen) atoms. The summed E-state index contributed by atoms with van der Waals surface area (Å²) in [5.41, 5.74) is 0. The lowest BCUT2D eigenvalue weighted by Crippen LogP contribution is -2.36. The number of hydrogen-bond acceptors (Lipinski definition) is 5. The molecule has 0 aliphatic carbocycles. The summed E-state index contributed by atoms with van der Waals surface area (Å²) in [5, 5.41) is 12.6. The predicted octanol–water partition coefficient (Wildman–Crippen LogP) is 0.328. The summed E-state index contributed by atoms with van der Waals surface area (Å²) >= 11 is 3.33. The second-order valence-corrected chi connectivity index (χ2v) is 7.04. The summed E-state index contributed by atoms with van der Waals surface area (Å²) in [6.45, 7) is 1.24. The van der Waals surface area contributed by atoms with E-state index in [4.69, 9.17) is 4.74 Å². The zero-order valence-electron chi connectivity index (χ0n) is 11.2. The van der Waals surface area contributed by atoms with Crippen molar-refractivity contribution in [2.45, 2.75) is 6.10 Å². The molecular formula is C12H19BrN2O4S. The second-order valence-electron chi connectivity index (χ2n) is 4.29. The third-order valence-corrected chi connectivity index (χ3v) is 3.51. The summed E-state index contributed by atoms with van der Waals surface area (Å²) in [6.07, 6.45) is 0.445. The number of ether oxygens (including phenoxy) is 1. The molecule has 3 N–H and O–H groups in total. The summed E-state index contributed by atoms with van der Waals surface area (Å²) < 4.78 is 30.3. The molecule has 1 aromatic carbocycles. The van der Waals surface area contributed by atoms with Gasteiger partial charge in [-0.05, 0) is 18.2 Å². The fourth-order valence-corrected chi connectivity index (χ4v) is 2.25. The molecule has 0 spiro atoms. The molecule has 0 saturated heterocycles. The first-order valence-corrected chi connectivity index (χ1v) is 8.77. The maximum absolute atomic E-state index is 10.8. The van der Waals surface area contributed by atoms with Crippen LogP contribution in [0.25, 0.3) is 0 Å². The van der Waals surface area contributed by atoms with E-state index in [1.807, 2.05) is 18.2 Å². The Balaban J connectivity index is 2.13. The normalized spacial score (nSPS) is 13.2. The molecule has 1 rings (SSSR count). The zero-order chi connectivity index (χ0) is 15.0. The van der Waals surface area contributed by atoms with Crippen LogP contribution in [0.1, 0.15) is 0 Å². The Labute approximate surface area is 127 Å². The quantitative estimate of drug-likeness (QED) is 0.548. The summed E-state index contributed by atoms with van der Waals surface area (Å²) in [6, 6.07) is 7.36. The molecule has 8 heteroatoms. The third kappa shape index (κ3) is 8.49. The van der Waals surface area contributed by atoms with Gasteiger partial charge in [-0.15, -0.1) is 0 Å². The van der Waals surface area contributed by atoms with Gasteiger partial charge in [0.2, 0.25) is 10.0 Å². The minimum Gasteiger partial charge on any atom is -0.491 e. The van der Waals surface area contributed by atoms with Crippen molar-refractivity contribution in [1.82, 2.24) is 10.0 Å². The molecule has 1 atom stereocenters. The van der Waals surface area contributed by atoms with Gasteiger partial charge < -0.3 is 15.2 Å². The van der Waals surface area contributed by atoms with Gasteiger partial charge in [-0.3, -0.25) is 0 Å². The molecule has 0 radical (unpaired) electrons. The van der Waals surface area contributed by atoms with E-state index in [-0.39, 0.29) is 13.2 Å². The highest BCUT2D eigenvalue weighted by Gasteiger charge is 2.05. The molecule has 0 heterocycles. The molecular weight excluding hydrogens is 348 g/mol. The predicted molar refractivity (Wildman–Crippen MR) is 81.4 cm³/mol. The SMILES string of the molecule is CS(=O)(=O)NCCNCC(O)COc1cccc(Br)c1. The highest BCUT2D eigenvalue weighted by molar-refractivity contribution is 9.10. The first kappa shape index (κ1) is 17.4. The van der Waals surface area contributed by atoms with Crippen molar-refractivity contribution in [2.24, 2.45) is 0 Å². The van der Waals surface area contributed by atoms with Gasteiger partial charge in [0.1, 0.15) is 18.5 Å². The first-order chi connectivity index (χ1) is 9.37. The number of nitrogens with one attached hydrogen (secondary N) is 2. The Bertz CT molecular complexity index is 510. The van der Waals surface area contributed by atoms with Crippen LogP contribution in [0.4, 0.5) is 0 Å². The van der Waals surface area contributed by atoms with Crippen LogP contribution in [-0.2, 0) is 10.0 Å². The van der Waals surface area contributed by atoms with Crippen molar-refractivity contribution in [2.75, 3.05) is 32.5 Å². The number of aliphatic hydroxyl groups is 1. The minimum atomic E-state index is -3.16. The number of halogens is 1. The van der Waals surface area contributed by atoms with Gasteiger partial charge in [0.15, 0.2) is 0 Å². The van der Waals surface area contributed by atoms with Crippen LogP contribution in [0.2, 0.25) is 0 Å². The number of sulfonamides is 1. The van der Waals surface area contributed by atoms with Gasteiger partial charge in [-0.1, -0.05) is 22.0 Å². The van der Waals surface area contributed by atoms with Crippen LogP contribution in [-0.4, -0.2) is 52.1 Å². The number of hydrogen-bond donors (Lipinski definition) is 3. The maximum atomic E-state index is 10.8. The standard InChI is InChI=1S/C12H19BrN2O4S/c1-20(17,18)15-6-5-14-8-11(16)9-19-12-4-2-3-10(13)7-12/h2-4,7,11,14-16H,5-6,8-9H2,1H3. The maximum Gasteiger partial charge on any atom is 0.208 e. The fraction of sp³-hybridized carbons (Fsp3) is 0.500. The molecule has 0 aliphatic heterocycles. The smallest absolute Gasteiger partial charge is 0.208 e. The fourth-order valence-electron chi connectivity index (χ4n) is 1.40. The van der Waals surface area contributed by atoms with E-state index in [0.717, 1.165) is 10.7 Å². The van der Waals surface area contributed by atoms with E-state index in [9.17, 15) is 13.5 Å². The molecule has 1 unspecified atom stereocenters. The minimum absolute atomic E-state index is 0.170. The summed E-state index contributed by atoms with van der Waals surface area (Å²) in [7, 11) is -3.16. The molecule has 0 saturated carbocycles. The molecule has 6 nitrogen and oxygen atoms in total. The van der Waals surface area contributed by atoms with Crippen molar-refractivity contribution in [1.29, 1.82) is 0 Å². The molecule has 0 bridgehead atoms. The van der Waals surface area contributed by atoms with Crippen LogP contribution < -0.4 is 14.8 Å². The Morgan fingerprint density at radius 2 is 2.15 bits per heavy atom. The Morgan fingerprint density at radius 1 is 1.40 bits per heavy atom. The van der Waals surface area contributed by atoms with Crippen molar-refractivity contribution >= 4 is 26.0 Å². The Kier molecular flexibility index (Phi) is 7.46. The van der Waals surface area contributed by atoms with Crippen LogP contribution in [0.15, 0.2) is 28.7 Å². The number of aliphatic hydroxyl groups excluding tert-OH is 1. The molecule has 0 aromatic heterocycles. The lowest BCUT2D eigenvalue weighted by molar-refractivity contribution is 0.107. The average Bonchev–Trinajstić information content (AvgIpc) is 2.35. The number of rotatable bonds is 9. The van der Waals surface area contributed by atoms with Crippen LogP contribution in [0.3, 0.4) is 0 Å². The second kappa shape index (κ2) is 8.58. The van der Waals surface area contributed by atoms with E-state index >= 15 is 0 Å². The first-order valence-electron chi connectivity index (χ1n) is 6.08. The lowest BCUT2D eigenvalue weighted by Gasteiger charge is -2.13. The van der Waals surface area contributed by atoms with Gasteiger partial charge in [0, 0.05) is 24.1 Å². The summed E-state index contributed by atoms with van der Waals surface area (Å²) in [4.78, 5) is 0. The highest BCUT2D eigenvalue weighted by Crippen LogP contribution is 2.17. The molecule has 0 amide bonds. The monoisotopic (exact) mass is 366 g/mol. The van der Waals surface area contributed by atoms with Gasteiger partial charge in [0.25, 0.3) is 0 Å². The van der Waals surface area contributed by atoms with Gasteiger partial charge >= 0.3 is 0 Å². The van der Waals surface area contributed by atoms with E-state index in [1.54, 1.807) is 6.07 Å². The van der Waals surface area contributed by atoms with Crippen molar-refractivity contribution in [3.8, 4) is 5.75 Å². The van der Waals surface area contributed by atoms with E-state index in [2.05, 4.69) is 26.0 Å². The van der Waals surface area contributed by atoms with E-state index in [1.165, 1.54) is 0 Å². The van der Waals surface area contributed by atoms with Crippen LogP contribution in [0, 0.1) is 0 Å². The topological polar surface area (TPSA) is 87.7 Å². The van der Waals surface area contributed by atoms with E-state index < -0.39 is 16.1 Å². The Hall–Kier alpha value is -0.670. The van der Waals surface area contributed by atoms with Crippen LogP contribution >= 0.6 is 15.9 Å². The van der Waals surface area contributed by atoms with Crippen molar-refractivity contribution in [3.63, 3.8) is 0 Å². The van der Waals surface area contributed by atoms with Crippen molar-refractivity contribution in [3.05, 3.63) is 28.7 Å². The summed E-state index contributed by atoms with van der Waals surface area (Å²) in [5.74, 6) is 0.678. The lowest BCUT2D eigenvalue weighted by atomic mass is 10.3. The van der Waals surface area contributed by atoms with Crippen molar-refractivity contribution < 1.29 is 18.3 Å². The van der Waals surface area contributed by atoms with Gasteiger partial charge in [0.05, 0.1) is 6.26 Å². The molecule has 0 fully saturated rings. The zero-order valence-corrected chi connectivity index (χ0v) is 13.6. The molecule has 1 aromatic rings. The van der Waals surface area contributed by atoms with Gasteiger partial charge in [-0.25, -0.2) is 13.1 Å². The van der Waals surface area contributed by atoms with Gasteiger partial charge in [-0.2, -0.15) is 0 Å². The van der Waals surface area contributed by atoms with E-state index in [0.29, 0.717) is 18.8 Å². The molecule has 0 aliphatic rings. The average molecular weight is 367 g/mol. The third-order valence-electron chi connectivity index (χ3n) is 2.28. The number of benzene rings is 1. The highest BCUT2D eigenvalue weighted by atomic mass is 79.9.